The molecule has 0 radical (unpaired) electrons. The maximum Gasteiger partial charge on any atom is 0.253 e. The van der Waals surface area contributed by atoms with Gasteiger partial charge in [-0.1, -0.05) is 36.4 Å². The molecule has 0 aromatic heterocycles. The van der Waals surface area contributed by atoms with Gasteiger partial charge < -0.3 is 10.0 Å². The van der Waals surface area contributed by atoms with Gasteiger partial charge in [-0.25, -0.2) is 12.7 Å². The van der Waals surface area contributed by atoms with Crippen LogP contribution in [0.15, 0.2) is 48.5 Å². The number of amides is 1. The molecular weight excluding hydrogens is 438 g/mol. The molecule has 8 heteroatoms. The molecule has 0 spiro atoms. The fraction of sp³-hybridized carbons (Fsp3) is 0.480. The Hall–Kier alpha value is -2.26. The number of fused-ring (bicyclic) bond motifs is 1. The first-order valence-electron chi connectivity index (χ1n) is 11.4. The molecule has 0 bridgehead atoms. The summed E-state index contributed by atoms with van der Waals surface area (Å²) < 4.78 is 26.1. The predicted molar refractivity (Wildman–Crippen MR) is 130 cm³/mol. The summed E-state index contributed by atoms with van der Waals surface area (Å²) >= 11 is 0. The van der Waals surface area contributed by atoms with Gasteiger partial charge in [-0.2, -0.15) is 0 Å². The molecule has 0 aliphatic carbocycles. The summed E-state index contributed by atoms with van der Waals surface area (Å²) in [5.74, 6) is 0.0651. The van der Waals surface area contributed by atoms with E-state index < -0.39 is 10.0 Å². The largest absolute Gasteiger partial charge is 0.395 e. The van der Waals surface area contributed by atoms with Crippen LogP contribution in [0.5, 0.6) is 0 Å². The third-order valence-corrected chi connectivity index (χ3v) is 8.24. The van der Waals surface area contributed by atoms with Gasteiger partial charge in [0.2, 0.25) is 10.0 Å². The lowest BCUT2D eigenvalue weighted by atomic mass is 9.74. The van der Waals surface area contributed by atoms with E-state index in [1.807, 2.05) is 24.3 Å². The summed E-state index contributed by atoms with van der Waals surface area (Å²) in [7, 11) is 0.216. The van der Waals surface area contributed by atoms with Crippen LogP contribution in [0, 0.1) is 0 Å². The summed E-state index contributed by atoms with van der Waals surface area (Å²) in [6.07, 6.45) is 3.05. The number of sulfonamides is 1. The van der Waals surface area contributed by atoms with Crippen LogP contribution < -0.4 is 0 Å². The quantitative estimate of drug-likeness (QED) is 0.723. The summed E-state index contributed by atoms with van der Waals surface area (Å²) in [6, 6.07) is 16.0. The van der Waals surface area contributed by atoms with E-state index in [1.165, 1.54) is 6.26 Å². The van der Waals surface area contributed by atoms with Gasteiger partial charge in [0.25, 0.3) is 5.91 Å². The van der Waals surface area contributed by atoms with Crippen molar-refractivity contribution in [2.24, 2.45) is 0 Å². The number of hydrogen-bond donors (Lipinski definition) is 1. The van der Waals surface area contributed by atoms with Gasteiger partial charge in [0.05, 0.1) is 12.9 Å². The van der Waals surface area contributed by atoms with E-state index >= 15 is 0 Å². The van der Waals surface area contributed by atoms with Crippen LogP contribution in [0.2, 0.25) is 0 Å². The predicted octanol–water partition coefficient (Wildman–Crippen LogP) is 2.24. The van der Waals surface area contributed by atoms with Gasteiger partial charge in [0, 0.05) is 50.7 Å². The van der Waals surface area contributed by atoms with Crippen molar-refractivity contribution in [1.82, 2.24) is 14.1 Å². The molecule has 178 valence electrons. The van der Waals surface area contributed by atoms with E-state index in [1.54, 1.807) is 23.3 Å². The van der Waals surface area contributed by atoms with Crippen LogP contribution in [0.3, 0.4) is 0 Å². The molecule has 1 N–H and O–H groups in total. The molecule has 2 fully saturated rings. The maximum atomic E-state index is 12.3. The standard InChI is InChI=1S/C25H33N3O4S/c1-26(2)25(30)21-12-8-19(9-13-21)18-6-10-20(11-7-18)24-22-16-27(33(3,31)32)14-4-5-15-28(22)23(24)17-29/h6-13,22-24,29H,4-5,14-17H2,1-3H3/t22-,23-,24+/m1/s1. The van der Waals surface area contributed by atoms with Gasteiger partial charge in [0.1, 0.15) is 0 Å². The van der Waals surface area contributed by atoms with E-state index in [2.05, 4.69) is 29.2 Å². The first-order chi connectivity index (χ1) is 15.7. The minimum absolute atomic E-state index is 0.0108. The highest BCUT2D eigenvalue weighted by atomic mass is 32.2. The normalized spacial score (nSPS) is 24.3. The fourth-order valence-electron chi connectivity index (χ4n) is 5.17. The second kappa shape index (κ2) is 9.54. The van der Waals surface area contributed by atoms with Gasteiger partial charge in [-0.05, 0) is 48.2 Å². The first-order valence-corrected chi connectivity index (χ1v) is 13.3. The average Bonchev–Trinajstić information content (AvgIpc) is 2.77. The Balaban J connectivity index is 1.55. The molecule has 7 nitrogen and oxygen atoms in total. The molecule has 0 unspecified atom stereocenters. The summed E-state index contributed by atoms with van der Waals surface area (Å²) in [4.78, 5) is 16.0. The molecule has 2 aromatic rings. The fourth-order valence-corrected chi connectivity index (χ4v) is 6.06. The van der Waals surface area contributed by atoms with Crippen molar-refractivity contribution in [2.45, 2.75) is 30.8 Å². The Morgan fingerprint density at radius 3 is 2.12 bits per heavy atom. The monoisotopic (exact) mass is 471 g/mol. The number of benzene rings is 2. The molecule has 2 heterocycles. The molecule has 33 heavy (non-hydrogen) atoms. The Labute approximate surface area is 196 Å². The van der Waals surface area contributed by atoms with Crippen molar-refractivity contribution in [1.29, 1.82) is 0 Å². The van der Waals surface area contributed by atoms with Crippen LogP contribution in [0.25, 0.3) is 11.1 Å². The smallest absolute Gasteiger partial charge is 0.253 e. The third kappa shape index (κ3) is 4.84. The molecule has 2 aliphatic rings. The summed E-state index contributed by atoms with van der Waals surface area (Å²) in [5.41, 5.74) is 3.85. The van der Waals surface area contributed by atoms with Crippen LogP contribution in [0.1, 0.15) is 34.7 Å². The van der Waals surface area contributed by atoms with Gasteiger partial charge in [-0.3, -0.25) is 9.69 Å². The first kappa shape index (κ1) is 23.9. The topological polar surface area (TPSA) is 81.2 Å². The SMILES string of the molecule is CN(C)C(=O)c1ccc(-c2ccc([C@@H]3[C@@H](CO)N4CCCCN(S(C)(=O)=O)C[C@H]34)cc2)cc1. The van der Waals surface area contributed by atoms with Crippen molar-refractivity contribution < 1.29 is 18.3 Å². The van der Waals surface area contributed by atoms with E-state index in [0.29, 0.717) is 18.7 Å². The van der Waals surface area contributed by atoms with Crippen LogP contribution in [-0.2, 0) is 10.0 Å². The molecule has 2 aliphatic heterocycles. The number of nitrogens with zero attached hydrogens (tertiary/aromatic N) is 3. The highest BCUT2D eigenvalue weighted by molar-refractivity contribution is 7.88. The maximum absolute atomic E-state index is 12.3. The number of hydrogen-bond acceptors (Lipinski definition) is 5. The Bertz CT molecular complexity index is 1080. The molecule has 2 aromatic carbocycles. The summed E-state index contributed by atoms with van der Waals surface area (Å²) in [5, 5.41) is 10.1. The second-order valence-corrected chi connectivity index (χ2v) is 11.3. The van der Waals surface area contributed by atoms with Crippen molar-refractivity contribution >= 4 is 15.9 Å². The molecule has 0 saturated carbocycles. The molecular formula is C25H33N3O4S. The summed E-state index contributed by atoms with van der Waals surface area (Å²) in [6.45, 7) is 1.97. The zero-order chi connectivity index (χ0) is 23.8. The van der Waals surface area contributed by atoms with Crippen LogP contribution >= 0.6 is 0 Å². The molecule has 3 atom stereocenters. The number of carbonyl (C=O) groups is 1. The minimum Gasteiger partial charge on any atom is -0.395 e. The van der Waals surface area contributed by atoms with Crippen molar-refractivity contribution in [2.75, 3.05) is 46.6 Å². The van der Waals surface area contributed by atoms with Gasteiger partial charge >= 0.3 is 0 Å². The van der Waals surface area contributed by atoms with Gasteiger partial charge in [-0.15, -0.1) is 0 Å². The van der Waals surface area contributed by atoms with E-state index in [4.69, 9.17) is 0 Å². The second-order valence-electron chi connectivity index (χ2n) is 9.31. The lowest BCUT2D eigenvalue weighted by Gasteiger charge is -2.57. The molecule has 1 amide bonds. The highest BCUT2D eigenvalue weighted by Crippen LogP contribution is 2.42. The number of carbonyl (C=O) groups excluding carboxylic acids is 1. The van der Waals surface area contributed by atoms with Crippen molar-refractivity contribution in [3.8, 4) is 11.1 Å². The third-order valence-electron chi connectivity index (χ3n) is 6.97. The highest BCUT2D eigenvalue weighted by Gasteiger charge is 2.49. The zero-order valence-corrected chi connectivity index (χ0v) is 20.3. The Morgan fingerprint density at radius 1 is 1.00 bits per heavy atom. The van der Waals surface area contributed by atoms with Crippen molar-refractivity contribution in [3.05, 3.63) is 59.7 Å². The van der Waals surface area contributed by atoms with E-state index in [9.17, 15) is 18.3 Å². The number of aliphatic hydroxyl groups is 1. The van der Waals surface area contributed by atoms with Crippen molar-refractivity contribution in [3.63, 3.8) is 0 Å². The van der Waals surface area contributed by atoms with Gasteiger partial charge in [0.15, 0.2) is 0 Å². The van der Waals surface area contributed by atoms with Crippen LogP contribution in [-0.4, -0.2) is 92.2 Å². The minimum atomic E-state index is -3.26. The Morgan fingerprint density at radius 2 is 1.58 bits per heavy atom. The molecule has 2 saturated heterocycles. The van der Waals surface area contributed by atoms with E-state index in [0.717, 1.165) is 36.1 Å². The van der Waals surface area contributed by atoms with E-state index in [-0.39, 0.29) is 30.5 Å². The number of rotatable bonds is 5. The lowest BCUT2D eigenvalue weighted by Crippen LogP contribution is -2.67. The Kier molecular flexibility index (Phi) is 6.91. The lowest BCUT2D eigenvalue weighted by molar-refractivity contribution is -0.0553. The average molecular weight is 472 g/mol. The zero-order valence-electron chi connectivity index (χ0n) is 19.5. The van der Waals surface area contributed by atoms with Crippen LogP contribution in [0.4, 0.5) is 0 Å². The number of aliphatic hydroxyl groups excluding tert-OH is 1. The molecule has 4 rings (SSSR count).